The zero-order chi connectivity index (χ0) is 11.5. The van der Waals surface area contributed by atoms with Gasteiger partial charge in [-0.15, -0.1) is 0 Å². The van der Waals surface area contributed by atoms with E-state index in [1.54, 1.807) is 24.3 Å². The number of hydrogen-bond donors (Lipinski definition) is 1. The van der Waals surface area contributed by atoms with Crippen molar-refractivity contribution in [2.45, 2.75) is 11.3 Å². The summed E-state index contributed by atoms with van der Waals surface area (Å²) >= 11 is -1.46. The van der Waals surface area contributed by atoms with Gasteiger partial charge in [0.2, 0.25) is 5.91 Å². The Morgan fingerprint density at radius 3 is 2.88 bits per heavy atom. The molecule has 2 N–H and O–H groups in total. The van der Waals surface area contributed by atoms with E-state index in [1.807, 2.05) is 12.1 Å². The van der Waals surface area contributed by atoms with Crippen molar-refractivity contribution in [2.75, 3.05) is 0 Å². The molecular weight excluding hydrogens is 224 g/mol. The first-order chi connectivity index (χ1) is 7.66. The molecule has 1 atom stereocenters. The Hall–Kier alpha value is -1.59. The first kappa shape index (κ1) is 10.9. The molecule has 0 saturated carbocycles. The highest BCUT2D eigenvalue weighted by Crippen LogP contribution is 2.22. The van der Waals surface area contributed by atoms with Gasteiger partial charge in [-0.3, -0.25) is 4.79 Å². The minimum absolute atomic E-state index is 0.0101. The highest BCUT2D eigenvalue weighted by Gasteiger charge is 2.18. The smallest absolute Gasteiger partial charge is 0.223 e. The standard InChI is InChI=1S/C11H10N2O2S/c12-11(14)7-9-6-5-8-3-1-2-4-10(8)16(15)13-9/h1-6H,7H2,(H2,12,14). The number of allylic oxidation sites excluding steroid dienone is 1. The molecule has 1 amide bonds. The summed E-state index contributed by atoms with van der Waals surface area (Å²) in [4.78, 5) is 11.4. The Labute approximate surface area is 96.2 Å². The van der Waals surface area contributed by atoms with Crippen LogP contribution < -0.4 is 5.73 Å². The van der Waals surface area contributed by atoms with Crippen LogP contribution in [-0.2, 0) is 16.2 Å². The fourth-order valence-corrected chi connectivity index (χ4v) is 2.39. The van der Waals surface area contributed by atoms with E-state index in [0.29, 0.717) is 10.6 Å². The van der Waals surface area contributed by atoms with E-state index in [4.69, 9.17) is 5.73 Å². The summed E-state index contributed by atoms with van der Waals surface area (Å²) in [5.41, 5.74) is 6.37. The summed E-state index contributed by atoms with van der Waals surface area (Å²) in [7, 11) is 0. The molecule has 1 aromatic carbocycles. The van der Waals surface area contributed by atoms with E-state index in [-0.39, 0.29) is 6.42 Å². The Morgan fingerprint density at radius 1 is 1.38 bits per heavy atom. The third kappa shape index (κ3) is 2.32. The van der Waals surface area contributed by atoms with Gasteiger partial charge in [-0.2, -0.15) is 0 Å². The van der Waals surface area contributed by atoms with Crippen LogP contribution in [0.4, 0.5) is 0 Å². The van der Waals surface area contributed by atoms with Crippen molar-refractivity contribution in [2.24, 2.45) is 10.1 Å². The van der Waals surface area contributed by atoms with E-state index < -0.39 is 17.3 Å². The van der Waals surface area contributed by atoms with Crippen LogP contribution in [0.1, 0.15) is 12.0 Å². The number of fused-ring (bicyclic) bond motifs is 1. The molecule has 1 aliphatic rings. The number of carbonyl (C=O) groups is 1. The van der Waals surface area contributed by atoms with Crippen molar-refractivity contribution in [3.05, 3.63) is 35.9 Å². The maximum absolute atomic E-state index is 11.8. The highest BCUT2D eigenvalue weighted by molar-refractivity contribution is 7.90. The van der Waals surface area contributed by atoms with E-state index in [0.717, 1.165) is 5.56 Å². The van der Waals surface area contributed by atoms with Crippen LogP contribution in [0.2, 0.25) is 0 Å². The van der Waals surface area contributed by atoms with Gasteiger partial charge in [0.15, 0.2) is 4.90 Å². The summed E-state index contributed by atoms with van der Waals surface area (Å²) in [6.07, 6.45) is 3.48. The van der Waals surface area contributed by atoms with Gasteiger partial charge < -0.3 is 10.3 Å². The molecule has 0 fully saturated rings. The number of nitrogens with two attached hydrogens (primary N) is 1. The molecule has 0 radical (unpaired) electrons. The molecule has 0 spiro atoms. The average Bonchev–Trinajstić information content (AvgIpc) is 2.39. The fraction of sp³-hybridized carbons (Fsp3) is 0.0909. The van der Waals surface area contributed by atoms with Crippen molar-refractivity contribution in [3.63, 3.8) is 0 Å². The predicted octanol–water partition coefficient (Wildman–Crippen LogP) is 1.05. The Bertz CT molecular complexity index is 483. The van der Waals surface area contributed by atoms with Gasteiger partial charge in [-0.25, -0.2) is 0 Å². The number of nitrogens with zero attached hydrogens (tertiary/aromatic N) is 1. The van der Waals surface area contributed by atoms with E-state index >= 15 is 0 Å². The van der Waals surface area contributed by atoms with Crippen LogP contribution in [0, 0.1) is 0 Å². The zero-order valence-electron chi connectivity index (χ0n) is 8.42. The van der Waals surface area contributed by atoms with Gasteiger partial charge in [0, 0.05) is 5.56 Å². The van der Waals surface area contributed by atoms with Crippen molar-refractivity contribution >= 4 is 29.1 Å². The second kappa shape index (κ2) is 4.51. The number of hydrogen-bond acceptors (Lipinski definition) is 3. The van der Waals surface area contributed by atoms with Gasteiger partial charge in [0.1, 0.15) is 17.1 Å². The SMILES string of the molecule is NC(=O)CC1=N[S+]([O-])c2ccccc2C=C1. The molecule has 1 aromatic rings. The van der Waals surface area contributed by atoms with E-state index in [1.165, 1.54) is 0 Å². The lowest BCUT2D eigenvalue weighted by molar-refractivity contribution is -0.116. The molecule has 1 heterocycles. The quantitative estimate of drug-likeness (QED) is 0.776. The summed E-state index contributed by atoms with van der Waals surface area (Å²) in [5.74, 6) is -0.480. The van der Waals surface area contributed by atoms with E-state index in [9.17, 15) is 9.35 Å². The molecule has 1 unspecified atom stereocenters. The molecule has 0 bridgehead atoms. The van der Waals surface area contributed by atoms with Crippen molar-refractivity contribution in [1.82, 2.24) is 0 Å². The third-order valence-electron chi connectivity index (χ3n) is 2.12. The lowest BCUT2D eigenvalue weighted by atomic mass is 10.1. The minimum atomic E-state index is -1.46. The first-order valence-electron chi connectivity index (χ1n) is 4.71. The van der Waals surface area contributed by atoms with Gasteiger partial charge in [-0.1, -0.05) is 16.5 Å². The first-order valence-corrected chi connectivity index (χ1v) is 5.82. The van der Waals surface area contributed by atoms with Crippen molar-refractivity contribution in [1.29, 1.82) is 0 Å². The molecule has 0 aliphatic carbocycles. The Morgan fingerprint density at radius 2 is 2.12 bits per heavy atom. The zero-order valence-corrected chi connectivity index (χ0v) is 9.24. The maximum Gasteiger partial charge on any atom is 0.223 e. The topological polar surface area (TPSA) is 78.5 Å². The van der Waals surface area contributed by atoms with Gasteiger partial charge in [0.25, 0.3) is 0 Å². The number of carbonyl (C=O) groups excluding carboxylic acids is 1. The van der Waals surface area contributed by atoms with Crippen LogP contribution in [0.5, 0.6) is 0 Å². The minimum Gasteiger partial charge on any atom is -0.586 e. The van der Waals surface area contributed by atoms with Gasteiger partial charge >= 0.3 is 0 Å². The monoisotopic (exact) mass is 234 g/mol. The summed E-state index contributed by atoms with van der Waals surface area (Å²) in [6, 6.07) is 7.28. The molecule has 82 valence electrons. The number of primary amides is 1. The second-order valence-corrected chi connectivity index (χ2v) is 4.47. The summed E-state index contributed by atoms with van der Waals surface area (Å²) in [5, 5.41) is 0. The maximum atomic E-state index is 11.8. The van der Waals surface area contributed by atoms with Gasteiger partial charge in [-0.05, 0) is 24.3 Å². The molecule has 16 heavy (non-hydrogen) atoms. The predicted molar refractivity (Wildman–Crippen MR) is 63.1 cm³/mol. The van der Waals surface area contributed by atoms with E-state index in [2.05, 4.69) is 4.40 Å². The molecule has 5 heteroatoms. The van der Waals surface area contributed by atoms with Crippen molar-refractivity contribution < 1.29 is 9.35 Å². The molecule has 2 rings (SSSR count). The third-order valence-corrected chi connectivity index (χ3v) is 3.27. The number of benzene rings is 1. The summed E-state index contributed by atoms with van der Waals surface area (Å²) < 4.78 is 15.8. The average molecular weight is 234 g/mol. The largest absolute Gasteiger partial charge is 0.586 e. The fourth-order valence-electron chi connectivity index (χ4n) is 1.42. The van der Waals surface area contributed by atoms with Crippen LogP contribution in [0.3, 0.4) is 0 Å². The normalized spacial score (nSPS) is 18.6. The molecule has 1 aliphatic heterocycles. The number of rotatable bonds is 2. The molecule has 4 nitrogen and oxygen atoms in total. The lowest BCUT2D eigenvalue weighted by Crippen LogP contribution is -2.15. The second-order valence-electron chi connectivity index (χ2n) is 3.35. The molecular formula is C11H10N2O2S. The Kier molecular flexibility index (Phi) is 3.07. The summed E-state index contributed by atoms with van der Waals surface area (Å²) in [6.45, 7) is 0. The lowest BCUT2D eigenvalue weighted by Gasteiger charge is -2.04. The Balaban J connectivity index is 2.36. The van der Waals surface area contributed by atoms with Crippen LogP contribution in [0.25, 0.3) is 6.08 Å². The molecule has 0 aromatic heterocycles. The van der Waals surface area contributed by atoms with Gasteiger partial charge in [0.05, 0.1) is 6.42 Å². The van der Waals surface area contributed by atoms with Crippen molar-refractivity contribution in [3.8, 4) is 0 Å². The molecule has 0 saturated heterocycles. The number of amides is 1. The van der Waals surface area contributed by atoms with Crippen LogP contribution in [-0.4, -0.2) is 16.2 Å². The highest BCUT2D eigenvalue weighted by atomic mass is 32.2. The van der Waals surface area contributed by atoms with Crippen LogP contribution in [0.15, 0.2) is 39.6 Å². The van der Waals surface area contributed by atoms with Crippen LogP contribution >= 0.6 is 0 Å².